The molecule has 2 amide bonds. The number of carbonyl (C=O) groups excluding carboxylic acids is 3. The van der Waals surface area contributed by atoms with Crippen LogP contribution >= 0.6 is 23.1 Å². The van der Waals surface area contributed by atoms with Crippen molar-refractivity contribution in [3.63, 3.8) is 0 Å². The van der Waals surface area contributed by atoms with E-state index < -0.39 is 11.9 Å². The number of pyridine rings is 1. The van der Waals surface area contributed by atoms with E-state index >= 15 is 0 Å². The lowest BCUT2D eigenvalue weighted by molar-refractivity contribution is -0.115. The first-order valence-corrected chi connectivity index (χ1v) is 14.3. The van der Waals surface area contributed by atoms with E-state index in [1.165, 1.54) is 18.3 Å². The lowest BCUT2D eigenvalue weighted by atomic mass is 9.97. The molecule has 5 heterocycles. The molecule has 0 radical (unpaired) electrons. The van der Waals surface area contributed by atoms with Crippen molar-refractivity contribution in [3.05, 3.63) is 63.3 Å². The summed E-state index contributed by atoms with van der Waals surface area (Å²) in [7, 11) is 0. The monoisotopic (exact) mass is 578 g/mol. The number of aromatic carboxylic acids is 1. The molecule has 5 rings (SSSR count). The maximum atomic E-state index is 11.9. The van der Waals surface area contributed by atoms with Crippen LogP contribution in [0.2, 0.25) is 0 Å². The normalized spacial score (nSPS) is 16.9. The van der Waals surface area contributed by atoms with Crippen molar-refractivity contribution in [2.24, 2.45) is 5.92 Å². The number of nitrogens with one attached hydrogen (secondary N) is 2. The van der Waals surface area contributed by atoms with E-state index in [2.05, 4.69) is 30.5 Å². The summed E-state index contributed by atoms with van der Waals surface area (Å²) in [5.74, 6) is -0.514. The Kier molecular flexibility index (Phi) is 8.33. The van der Waals surface area contributed by atoms with Crippen LogP contribution in [0.5, 0.6) is 0 Å². The van der Waals surface area contributed by atoms with Gasteiger partial charge in [-0.15, -0.1) is 11.3 Å². The first-order chi connectivity index (χ1) is 19.3. The molecule has 3 aromatic rings. The molecule has 206 valence electrons. The van der Waals surface area contributed by atoms with Gasteiger partial charge in [0.1, 0.15) is 0 Å². The molecule has 0 saturated carbocycles. The van der Waals surface area contributed by atoms with Crippen LogP contribution in [0.4, 0.5) is 10.7 Å². The minimum Gasteiger partial charge on any atom is -0.478 e. The first-order valence-electron chi connectivity index (χ1n) is 12.6. The number of aromatic nitrogens is 3. The highest BCUT2D eigenvalue weighted by atomic mass is 32.2. The van der Waals surface area contributed by atoms with E-state index in [0.29, 0.717) is 44.5 Å². The maximum Gasteiger partial charge on any atom is 0.337 e. The van der Waals surface area contributed by atoms with Crippen LogP contribution in [0.25, 0.3) is 16.6 Å². The van der Waals surface area contributed by atoms with Gasteiger partial charge in [0.25, 0.3) is 11.1 Å². The molecule has 40 heavy (non-hydrogen) atoms. The van der Waals surface area contributed by atoms with Gasteiger partial charge >= 0.3 is 5.97 Å². The van der Waals surface area contributed by atoms with Crippen molar-refractivity contribution in [1.82, 2.24) is 25.6 Å². The SMILES string of the molecule is CC(=O)c1ccc(-c2ncc(CNCC3CCN(c4nccc(C=C5SC(=O)NC5=O)n4)CC3)cc2C(=O)O)s1. The summed E-state index contributed by atoms with van der Waals surface area (Å²) < 4.78 is 0. The zero-order valence-electron chi connectivity index (χ0n) is 21.5. The van der Waals surface area contributed by atoms with Crippen molar-refractivity contribution >= 4 is 58.0 Å². The third-order valence-corrected chi connectivity index (χ3v) is 8.61. The second kappa shape index (κ2) is 12.1. The molecule has 2 fully saturated rings. The second-order valence-electron chi connectivity index (χ2n) is 9.46. The van der Waals surface area contributed by atoms with Gasteiger partial charge in [-0.05, 0) is 79.9 Å². The van der Waals surface area contributed by atoms with Crippen LogP contribution in [0.15, 0.2) is 41.6 Å². The summed E-state index contributed by atoms with van der Waals surface area (Å²) in [6.07, 6.45) is 6.78. The topological polar surface area (TPSA) is 154 Å². The Bertz CT molecular complexity index is 1510. The number of thioether (sulfide) groups is 1. The Balaban J connectivity index is 1.14. The Labute approximate surface area is 238 Å². The zero-order valence-corrected chi connectivity index (χ0v) is 23.2. The standard InChI is InChI=1S/C27H26N6O5S2/c1-15(34)20-2-3-21(39-20)23-19(25(36)37)10-17(14-30-23)13-28-12-16-5-8-33(9-6-16)26-29-7-4-18(31-26)11-22-24(35)32-27(38)40-22/h2-4,7,10-11,14,16,28H,5-6,8-9,12-13H2,1H3,(H,36,37)(H,32,35,38). The van der Waals surface area contributed by atoms with E-state index in [0.717, 1.165) is 49.8 Å². The average molecular weight is 579 g/mol. The van der Waals surface area contributed by atoms with Gasteiger partial charge in [0.05, 0.1) is 31.6 Å². The molecule has 0 spiro atoms. The largest absolute Gasteiger partial charge is 0.478 e. The van der Waals surface area contributed by atoms with Gasteiger partial charge in [0.2, 0.25) is 5.95 Å². The number of ketones is 1. The summed E-state index contributed by atoms with van der Waals surface area (Å²) in [6.45, 7) is 4.31. The van der Waals surface area contributed by atoms with Crippen molar-refractivity contribution < 1.29 is 24.3 Å². The third kappa shape index (κ3) is 6.43. The molecular weight excluding hydrogens is 552 g/mol. The highest BCUT2D eigenvalue weighted by molar-refractivity contribution is 8.18. The van der Waals surface area contributed by atoms with Crippen LogP contribution in [0, 0.1) is 5.92 Å². The number of imide groups is 1. The van der Waals surface area contributed by atoms with E-state index in [4.69, 9.17) is 0 Å². The van der Waals surface area contributed by atoms with Crippen LogP contribution in [-0.4, -0.2) is 62.6 Å². The third-order valence-electron chi connectivity index (χ3n) is 6.61. The smallest absolute Gasteiger partial charge is 0.337 e. The highest BCUT2D eigenvalue weighted by Gasteiger charge is 2.26. The molecule has 0 aliphatic carbocycles. The molecule has 0 unspecified atom stereocenters. The number of hydrogen-bond acceptors (Lipinski definition) is 11. The number of hydrogen-bond donors (Lipinski definition) is 3. The predicted octanol–water partition coefficient (Wildman–Crippen LogP) is 3.83. The number of anilines is 1. The first kappa shape index (κ1) is 27.6. The Morgan fingerprint density at radius 3 is 2.67 bits per heavy atom. The molecule has 11 nitrogen and oxygen atoms in total. The van der Waals surface area contributed by atoms with Crippen LogP contribution in [-0.2, 0) is 11.3 Å². The summed E-state index contributed by atoms with van der Waals surface area (Å²) in [6, 6.07) is 6.76. The Morgan fingerprint density at radius 1 is 1.20 bits per heavy atom. The fourth-order valence-corrected chi connectivity index (χ4v) is 6.11. The molecule has 13 heteroatoms. The van der Waals surface area contributed by atoms with Crippen molar-refractivity contribution in [3.8, 4) is 10.6 Å². The minimum absolute atomic E-state index is 0.0638. The van der Waals surface area contributed by atoms with E-state index in [9.17, 15) is 24.3 Å². The zero-order chi connectivity index (χ0) is 28.2. The van der Waals surface area contributed by atoms with Crippen LogP contribution in [0.1, 0.15) is 51.1 Å². The number of carboxylic acids is 1. The number of thiophene rings is 1. The van der Waals surface area contributed by atoms with E-state index in [1.54, 1.807) is 42.7 Å². The summed E-state index contributed by atoms with van der Waals surface area (Å²) in [5.41, 5.74) is 1.82. The number of rotatable bonds is 9. The molecule has 0 bridgehead atoms. The number of piperidine rings is 1. The van der Waals surface area contributed by atoms with Crippen LogP contribution < -0.4 is 15.5 Å². The summed E-state index contributed by atoms with van der Waals surface area (Å²) >= 11 is 2.10. The summed E-state index contributed by atoms with van der Waals surface area (Å²) in [5, 5.41) is 15.0. The Morgan fingerprint density at radius 2 is 2.00 bits per heavy atom. The molecule has 3 N–H and O–H groups in total. The molecule has 2 saturated heterocycles. The molecule has 0 atom stereocenters. The minimum atomic E-state index is -1.06. The number of carbonyl (C=O) groups is 4. The van der Waals surface area contributed by atoms with Gasteiger partial charge in [-0.2, -0.15) is 0 Å². The number of nitrogens with zero attached hydrogens (tertiary/aromatic N) is 4. The number of Topliss-reactive ketones (excluding diaryl/α,β-unsaturated/α-hetero) is 1. The van der Waals surface area contributed by atoms with Crippen LogP contribution in [0.3, 0.4) is 0 Å². The lowest BCUT2D eigenvalue weighted by Crippen LogP contribution is -2.38. The van der Waals surface area contributed by atoms with Crippen molar-refractivity contribution in [2.45, 2.75) is 26.3 Å². The van der Waals surface area contributed by atoms with E-state index in [1.807, 2.05) is 0 Å². The van der Waals surface area contributed by atoms with Gasteiger partial charge in [-0.3, -0.25) is 24.7 Å². The fraction of sp³-hybridized carbons (Fsp3) is 0.296. The molecular formula is C27H26N6O5S2. The van der Waals surface area contributed by atoms with E-state index in [-0.39, 0.29) is 16.6 Å². The second-order valence-corrected chi connectivity index (χ2v) is 11.6. The summed E-state index contributed by atoms with van der Waals surface area (Å²) in [4.78, 5) is 63.7. The van der Waals surface area contributed by atoms with Crippen molar-refractivity contribution in [2.75, 3.05) is 24.5 Å². The van der Waals surface area contributed by atoms with Gasteiger partial charge in [-0.1, -0.05) is 0 Å². The van der Waals surface area contributed by atoms with Gasteiger partial charge < -0.3 is 15.3 Å². The lowest BCUT2D eigenvalue weighted by Gasteiger charge is -2.32. The maximum absolute atomic E-state index is 11.9. The quantitative estimate of drug-likeness (QED) is 0.251. The van der Waals surface area contributed by atoms with Crippen molar-refractivity contribution in [1.29, 1.82) is 0 Å². The average Bonchev–Trinajstić information content (AvgIpc) is 3.55. The molecule has 2 aliphatic heterocycles. The molecule has 0 aromatic carbocycles. The highest BCUT2D eigenvalue weighted by Crippen LogP contribution is 2.30. The number of amides is 2. The molecule has 3 aromatic heterocycles. The Hall–Kier alpha value is -3.94. The van der Waals surface area contributed by atoms with Gasteiger partial charge in [0.15, 0.2) is 5.78 Å². The molecule has 2 aliphatic rings. The fourth-order valence-electron chi connectivity index (χ4n) is 4.53. The van der Waals surface area contributed by atoms with Gasteiger partial charge in [0, 0.05) is 32.0 Å². The van der Waals surface area contributed by atoms with Gasteiger partial charge in [-0.25, -0.2) is 14.8 Å². The predicted molar refractivity (Wildman–Crippen MR) is 152 cm³/mol. The number of carboxylic acid groups (broad SMARTS) is 1.